The van der Waals surface area contributed by atoms with Crippen LogP contribution in [-0.4, -0.2) is 46.5 Å². The lowest BCUT2D eigenvalue weighted by Gasteiger charge is -2.17. The summed E-state index contributed by atoms with van der Waals surface area (Å²) in [5.41, 5.74) is 0.875. The van der Waals surface area contributed by atoms with Gasteiger partial charge in [-0.15, -0.1) is 12.4 Å². The van der Waals surface area contributed by atoms with Crippen LogP contribution in [0.5, 0.6) is 0 Å². The molecule has 1 fully saturated rings. The van der Waals surface area contributed by atoms with Gasteiger partial charge < -0.3 is 10.1 Å². The Morgan fingerprint density at radius 1 is 1.43 bits per heavy atom. The molecule has 5 nitrogen and oxygen atoms in total. The van der Waals surface area contributed by atoms with E-state index in [1.807, 2.05) is 13.1 Å². The number of nitrogens with zero attached hydrogens (tertiary/aromatic N) is 1. The minimum Gasteiger partial charge on any atom is -0.380 e. The van der Waals surface area contributed by atoms with Crippen LogP contribution in [0.25, 0.3) is 0 Å². The SMILES string of the molecule is CNCC1CCN(S(=O)(=O)c2cccc(COC)c2)C1.Cl. The van der Waals surface area contributed by atoms with Crippen molar-refractivity contribution in [3.8, 4) is 0 Å². The maximum Gasteiger partial charge on any atom is 0.243 e. The van der Waals surface area contributed by atoms with Crippen molar-refractivity contribution >= 4 is 22.4 Å². The molecule has 0 aliphatic carbocycles. The molecule has 7 heteroatoms. The number of ether oxygens (including phenoxy) is 1. The molecule has 1 aromatic carbocycles. The van der Waals surface area contributed by atoms with Crippen LogP contribution in [0.4, 0.5) is 0 Å². The van der Waals surface area contributed by atoms with Gasteiger partial charge >= 0.3 is 0 Å². The predicted molar refractivity (Wildman–Crippen MR) is 85.2 cm³/mol. The average Bonchev–Trinajstić information content (AvgIpc) is 2.89. The number of rotatable bonds is 6. The van der Waals surface area contributed by atoms with Gasteiger partial charge in [0.15, 0.2) is 0 Å². The molecule has 0 aromatic heterocycles. The van der Waals surface area contributed by atoms with Gasteiger partial charge in [-0.1, -0.05) is 12.1 Å². The van der Waals surface area contributed by atoms with Gasteiger partial charge in [-0.2, -0.15) is 4.31 Å². The molecular weight excluding hydrogens is 312 g/mol. The Morgan fingerprint density at radius 2 is 2.19 bits per heavy atom. The van der Waals surface area contributed by atoms with Crippen LogP contribution < -0.4 is 5.32 Å². The third-order valence-electron chi connectivity index (χ3n) is 3.59. The molecule has 120 valence electrons. The summed E-state index contributed by atoms with van der Waals surface area (Å²) in [6.45, 7) is 2.47. The van der Waals surface area contributed by atoms with E-state index in [0.29, 0.717) is 30.5 Å². The molecule has 1 heterocycles. The Hall–Kier alpha value is -0.660. The number of methoxy groups -OCH3 is 1. The number of halogens is 1. The number of sulfonamides is 1. The third kappa shape index (κ3) is 4.40. The normalized spacial score (nSPS) is 19.4. The molecular formula is C14H23ClN2O3S. The molecule has 1 aliphatic rings. The highest BCUT2D eigenvalue weighted by molar-refractivity contribution is 7.89. The first-order valence-corrected chi connectivity index (χ1v) is 8.24. The first kappa shape index (κ1) is 18.4. The van der Waals surface area contributed by atoms with Crippen LogP contribution in [-0.2, 0) is 21.4 Å². The summed E-state index contributed by atoms with van der Waals surface area (Å²) in [7, 11) is 0.115. The van der Waals surface area contributed by atoms with E-state index in [0.717, 1.165) is 18.5 Å². The quantitative estimate of drug-likeness (QED) is 0.856. The van der Waals surface area contributed by atoms with Gasteiger partial charge in [0.05, 0.1) is 11.5 Å². The van der Waals surface area contributed by atoms with E-state index in [9.17, 15) is 8.42 Å². The van der Waals surface area contributed by atoms with Crippen LogP contribution in [0, 0.1) is 5.92 Å². The van der Waals surface area contributed by atoms with Crippen molar-refractivity contribution in [1.82, 2.24) is 9.62 Å². The minimum atomic E-state index is -3.38. The van der Waals surface area contributed by atoms with Crippen molar-refractivity contribution in [3.63, 3.8) is 0 Å². The maximum absolute atomic E-state index is 12.6. The van der Waals surface area contributed by atoms with Crippen molar-refractivity contribution in [2.45, 2.75) is 17.9 Å². The summed E-state index contributed by atoms with van der Waals surface area (Å²) in [6.07, 6.45) is 0.915. The second-order valence-corrected chi connectivity index (χ2v) is 7.09. The van der Waals surface area contributed by atoms with Crippen LogP contribution in [0.1, 0.15) is 12.0 Å². The highest BCUT2D eigenvalue weighted by Gasteiger charge is 2.32. The Labute approximate surface area is 133 Å². The van der Waals surface area contributed by atoms with E-state index >= 15 is 0 Å². The van der Waals surface area contributed by atoms with Gasteiger partial charge in [-0.25, -0.2) is 8.42 Å². The summed E-state index contributed by atoms with van der Waals surface area (Å²) in [5, 5.41) is 3.11. The number of hydrogen-bond acceptors (Lipinski definition) is 4. The largest absolute Gasteiger partial charge is 0.380 e. The fourth-order valence-corrected chi connectivity index (χ4v) is 4.18. The summed E-state index contributed by atoms with van der Waals surface area (Å²) >= 11 is 0. The fourth-order valence-electron chi connectivity index (χ4n) is 2.58. The molecule has 2 rings (SSSR count). The van der Waals surface area contributed by atoms with Crippen molar-refractivity contribution in [3.05, 3.63) is 29.8 Å². The topological polar surface area (TPSA) is 58.6 Å². The Kier molecular flexibility index (Phi) is 7.09. The average molecular weight is 335 g/mol. The van der Waals surface area contributed by atoms with E-state index in [-0.39, 0.29) is 12.4 Å². The van der Waals surface area contributed by atoms with Crippen LogP contribution in [0.3, 0.4) is 0 Å². The molecule has 1 unspecified atom stereocenters. The number of nitrogens with one attached hydrogen (secondary N) is 1. The molecule has 1 atom stereocenters. The summed E-state index contributed by atoms with van der Waals surface area (Å²) < 4.78 is 31.8. The van der Waals surface area contributed by atoms with Gasteiger partial charge in [0.1, 0.15) is 0 Å². The summed E-state index contributed by atoms with van der Waals surface area (Å²) in [5.74, 6) is 0.400. The van der Waals surface area contributed by atoms with Gasteiger partial charge in [0.25, 0.3) is 0 Å². The Balaban J connectivity index is 0.00000220. The highest BCUT2D eigenvalue weighted by Crippen LogP contribution is 2.24. The Bertz CT molecular complexity index is 551. The van der Waals surface area contributed by atoms with E-state index in [1.165, 1.54) is 0 Å². The van der Waals surface area contributed by atoms with E-state index < -0.39 is 10.0 Å². The van der Waals surface area contributed by atoms with E-state index in [4.69, 9.17) is 4.74 Å². The van der Waals surface area contributed by atoms with Crippen molar-refractivity contribution < 1.29 is 13.2 Å². The van der Waals surface area contributed by atoms with Crippen LogP contribution >= 0.6 is 12.4 Å². The zero-order valence-electron chi connectivity index (χ0n) is 12.4. The zero-order chi connectivity index (χ0) is 14.6. The van der Waals surface area contributed by atoms with E-state index in [1.54, 1.807) is 29.6 Å². The predicted octanol–water partition coefficient (Wildman–Crippen LogP) is 1.48. The lowest BCUT2D eigenvalue weighted by Crippen LogP contribution is -2.30. The first-order chi connectivity index (χ1) is 9.57. The van der Waals surface area contributed by atoms with Crippen molar-refractivity contribution in [2.24, 2.45) is 5.92 Å². The molecule has 1 N–H and O–H groups in total. The van der Waals surface area contributed by atoms with Crippen molar-refractivity contribution in [1.29, 1.82) is 0 Å². The molecule has 1 aromatic rings. The van der Waals surface area contributed by atoms with Crippen LogP contribution in [0.2, 0.25) is 0 Å². The molecule has 0 saturated carbocycles. The molecule has 0 spiro atoms. The summed E-state index contributed by atoms with van der Waals surface area (Å²) in [4.78, 5) is 0.358. The Morgan fingerprint density at radius 3 is 2.86 bits per heavy atom. The first-order valence-electron chi connectivity index (χ1n) is 6.80. The van der Waals surface area contributed by atoms with Gasteiger partial charge in [0, 0.05) is 20.2 Å². The van der Waals surface area contributed by atoms with Gasteiger partial charge in [0.2, 0.25) is 10.0 Å². The lowest BCUT2D eigenvalue weighted by molar-refractivity contribution is 0.184. The smallest absolute Gasteiger partial charge is 0.243 e. The maximum atomic E-state index is 12.6. The van der Waals surface area contributed by atoms with Crippen molar-refractivity contribution in [2.75, 3.05) is 33.8 Å². The lowest BCUT2D eigenvalue weighted by atomic mass is 10.1. The molecule has 21 heavy (non-hydrogen) atoms. The highest BCUT2D eigenvalue weighted by atomic mass is 35.5. The second kappa shape index (κ2) is 8.10. The number of benzene rings is 1. The molecule has 0 amide bonds. The molecule has 1 aliphatic heterocycles. The summed E-state index contributed by atoms with van der Waals surface area (Å²) in [6, 6.07) is 6.99. The van der Waals surface area contributed by atoms with Gasteiger partial charge in [-0.3, -0.25) is 0 Å². The second-order valence-electron chi connectivity index (χ2n) is 5.16. The van der Waals surface area contributed by atoms with E-state index in [2.05, 4.69) is 5.32 Å². The third-order valence-corrected chi connectivity index (χ3v) is 5.45. The standard InChI is InChI=1S/C14H22N2O3S.ClH/c1-15-9-13-6-7-16(10-13)20(17,18)14-5-3-4-12(8-14)11-19-2;/h3-5,8,13,15H,6-7,9-11H2,1-2H3;1H. The zero-order valence-corrected chi connectivity index (χ0v) is 14.0. The number of hydrogen-bond donors (Lipinski definition) is 1. The molecule has 0 radical (unpaired) electrons. The van der Waals surface area contributed by atoms with Crippen LogP contribution in [0.15, 0.2) is 29.2 Å². The fraction of sp³-hybridized carbons (Fsp3) is 0.571. The van der Waals surface area contributed by atoms with Gasteiger partial charge in [-0.05, 0) is 43.6 Å². The molecule has 0 bridgehead atoms. The monoisotopic (exact) mass is 334 g/mol. The molecule has 1 saturated heterocycles. The minimum absolute atomic E-state index is 0.